The van der Waals surface area contributed by atoms with Crippen LogP contribution in [0.1, 0.15) is 17.2 Å². The average molecular weight is 339 g/mol. The van der Waals surface area contributed by atoms with E-state index in [-0.39, 0.29) is 11.9 Å². The van der Waals surface area contributed by atoms with Gasteiger partial charge in [-0.1, -0.05) is 42.5 Å². The summed E-state index contributed by atoms with van der Waals surface area (Å²) in [6.07, 6.45) is 0. The van der Waals surface area contributed by atoms with Crippen molar-refractivity contribution in [2.24, 2.45) is 0 Å². The monoisotopic (exact) mass is 339 g/mol. The van der Waals surface area contributed by atoms with E-state index >= 15 is 0 Å². The van der Waals surface area contributed by atoms with Crippen molar-refractivity contribution in [2.45, 2.75) is 12.6 Å². The van der Waals surface area contributed by atoms with Gasteiger partial charge in [0.2, 0.25) is 5.91 Å². The highest BCUT2D eigenvalue weighted by molar-refractivity contribution is 5.83. The number of rotatable bonds is 6. The first-order chi connectivity index (χ1) is 12.3. The average Bonchev–Trinajstić information content (AvgIpc) is 2.70. The highest BCUT2D eigenvalue weighted by Crippen LogP contribution is 2.18. The molecule has 0 saturated carbocycles. The fourth-order valence-electron chi connectivity index (χ4n) is 3.02. The predicted octanol–water partition coefficient (Wildman–Crippen LogP) is 1.96. The minimum Gasteiger partial charge on any atom is -0.497 e. The van der Waals surface area contributed by atoms with E-state index in [9.17, 15) is 4.79 Å². The molecule has 1 heterocycles. The zero-order valence-electron chi connectivity index (χ0n) is 14.6. The number of benzene rings is 2. The van der Waals surface area contributed by atoms with Crippen LogP contribution in [0.3, 0.4) is 0 Å². The van der Waals surface area contributed by atoms with Gasteiger partial charge < -0.3 is 15.0 Å². The van der Waals surface area contributed by atoms with Gasteiger partial charge in [0, 0.05) is 32.7 Å². The first-order valence-electron chi connectivity index (χ1n) is 8.68. The zero-order chi connectivity index (χ0) is 17.5. The Bertz CT molecular complexity index is 667. The highest BCUT2D eigenvalue weighted by atomic mass is 16.5. The molecule has 2 aromatic rings. The minimum absolute atomic E-state index is 0.140. The number of methoxy groups -OCH3 is 1. The fraction of sp³-hybridized carbons (Fsp3) is 0.350. The van der Waals surface area contributed by atoms with Crippen LogP contribution in [-0.2, 0) is 11.3 Å². The largest absolute Gasteiger partial charge is 0.497 e. The summed E-state index contributed by atoms with van der Waals surface area (Å²) in [5, 5.41) is 6.73. The fourth-order valence-corrected chi connectivity index (χ4v) is 3.02. The van der Waals surface area contributed by atoms with Gasteiger partial charge in [-0.25, -0.2) is 0 Å². The first-order valence-corrected chi connectivity index (χ1v) is 8.68. The number of nitrogens with one attached hydrogen (secondary N) is 2. The molecule has 1 aliphatic rings. The number of hydrogen-bond acceptors (Lipinski definition) is 4. The van der Waals surface area contributed by atoms with Crippen molar-refractivity contribution >= 4 is 5.91 Å². The van der Waals surface area contributed by atoms with Gasteiger partial charge in [0.25, 0.3) is 0 Å². The molecule has 0 bridgehead atoms. The van der Waals surface area contributed by atoms with E-state index in [1.54, 1.807) is 7.11 Å². The number of carbonyl (C=O) groups excluding carboxylic acids is 1. The molecule has 5 heteroatoms. The SMILES string of the molecule is COc1ccc(CN[C@@H](C(=O)N2CCNCC2)c2ccccc2)cc1. The third-order valence-electron chi connectivity index (χ3n) is 4.48. The smallest absolute Gasteiger partial charge is 0.244 e. The van der Waals surface area contributed by atoms with Gasteiger partial charge in [-0.15, -0.1) is 0 Å². The van der Waals surface area contributed by atoms with Gasteiger partial charge in [0.15, 0.2) is 0 Å². The van der Waals surface area contributed by atoms with Gasteiger partial charge >= 0.3 is 0 Å². The molecule has 1 amide bonds. The van der Waals surface area contributed by atoms with E-state index < -0.39 is 0 Å². The second kappa shape index (κ2) is 8.65. The third kappa shape index (κ3) is 4.59. The van der Waals surface area contributed by atoms with E-state index in [1.165, 1.54) is 0 Å². The highest BCUT2D eigenvalue weighted by Gasteiger charge is 2.26. The molecule has 3 rings (SSSR count). The number of ether oxygens (including phenoxy) is 1. The molecule has 5 nitrogen and oxygen atoms in total. The Balaban J connectivity index is 1.72. The number of piperazine rings is 1. The molecule has 1 aliphatic heterocycles. The van der Waals surface area contributed by atoms with Crippen molar-refractivity contribution in [1.82, 2.24) is 15.5 Å². The Labute approximate surface area is 149 Å². The van der Waals surface area contributed by atoms with Crippen LogP contribution < -0.4 is 15.4 Å². The Hall–Kier alpha value is -2.37. The second-order valence-corrected chi connectivity index (χ2v) is 6.15. The van der Waals surface area contributed by atoms with Crippen LogP contribution in [0.5, 0.6) is 5.75 Å². The standard InChI is InChI=1S/C20H25N3O2/c1-25-18-9-7-16(8-10-18)15-22-19(17-5-3-2-4-6-17)20(24)23-13-11-21-12-14-23/h2-10,19,21-22H,11-15H2,1H3/t19-/m1/s1. The molecule has 0 spiro atoms. The summed E-state index contributed by atoms with van der Waals surface area (Å²) in [6, 6.07) is 17.5. The molecule has 132 valence electrons. The van der Waals surface area contributed by atoms with Crippen LogP contribution in [-0.4, -0.2) is 44.1 Å². The summed E-state index contributed by atoms with van der Waals surface area (Å²) in [5.41, 5.74) is 2.12. The van der Waals surface area contributed by atoms with E-state index in [1.807, 2.05) is 59.5 Å². The summed E-state index contributed by atoms with van der Waals surface area (Å²) in [5.74, 6) is 0.974. The van der Waals surface area contributed by atoms with Crippen molar-refractivity contribution in [3.8, 4) is 5.75 Å². The number of hydrogen-bond donors (Lipinski definition) is 2. The Morgan fingerprint density at radius 2 is 1.80 bits per heavy atom. The van der Waals surface area contributed by atoms with Crippen molar-refractivity contribution in [1.29, 1.82) is 0 Å². The molecular weight excluding hydrogens is 314 g/mol. The van der Waals surface area contributed by atoms with Crippen LogP contribution in [0, 0.1) is 0 Å². The molecule has 2 aromatic carbocycles. The van der Waals surface area contributed by atoms with Crippen LogP contribution in [0.15, 0.2) is 54.6 Å². The maximum atomic E-state index is 13.0. The van der Waals surface area contributed by atoms with Gasteiger partial charge in [0.05, 0.1) is 7.11 Å². The van der Waals surface area contributed by atoms with Crippen LogP contribution in [0.2, 0.25) is 0 Å². The van der Waals surface area contributed by atoms with E-state index in [0.717, 1.165) is 43.1 Å². The lowest BCUT2D eigenvalue weighted by molar-refractivity contribution is -0.134. The first kappa shape index (κ1) is 17.5. The maximum Gasteiger partial charge on any atom is 0.244 e. The van der Waals surface area contributed by atoms with Gasteiger partial charge in [-0.2, -0.15) is 0 Å². The van der Waals surface area contributed by atoms with E-state index in [4.69, 9.17) is 4.74 Å². The van der Waals surface area contributed by atoms with Gasteiger partial charge in [0.1, 0.15) is 11.8 Å². The predicted molar refractivity (Wildman–Crippen MR) is 98.5 cm³/mol. The number of amides is 1. The van der Waals surface area contributed by atoms with Crippen molar-refractivity contribution in [2.75, 3.05) is 33.3 Å². The van der Waals surface area contributed by atoms with E-state index in [0.29, 0.717) is 6.54 Å². The Kier molecular flexibility index (Phi) is 6.04. The molecule has 0 aliphatic carbocycles. The lowest BCUT2D eigenvalue weighted by Gasteiger charge is -2.31. The zero-order valence-corrected chi connectivity index (χ0v) is 14.6. The van der Waals surface area contributed by atoms with E-state index in [2.05, 4.69) is 10.6 Å². The van der Waals surface area contributed by atoms with Crippen molar-refractivity contribution in [3.63, 3.8) is 0 Å². The molecule has 25 heavy (non-hydrogen) atoms. The molecule has 1 fully saturated rings. The van der Waals surface area contributed by atoms with Crippen molar-refractivity contribution in [3.05, 3.63) is 65.7 Å². The quantitative estimate of drug-likeness (QED) is 0.845. The topological polar surface area (TPSA) is 53.6 Å². The molecule has 1 saturated heterocycles. The maximum absolute atomic E-state index is 13.0. The summed E-state index contributed by atoms with van der Waals surface area (Å²) in [6.45, 7) is 3.84. The lowest BCUT2D eigenvalue weighted by Crippen LogP contribution is -2.50. The van der Waals surface area contributed by atoms with Crippen molar-refractivity contribution < 1.29 is 9.53 Å². The molecule has 0 radical (unpaired) electrons. The number of nitrogens with zero attached hydrogens (tertiary/aromatic N) is 1. The normalized spacial score (nSPS) is 15.6. The van der Waals surface area contributed by atoms with Gasteiger partial charge in [-0.05, 0) is 23.3 Å². The molecular formula is C20H25N3O2. The summed E-state index contributed by atoms with van der Waals surface area (Å²) in [7, 11) is 1.66. The Morgan fingerprint density at radius 1 is 1.12 bits per heavy atom. The minimum atomic E-state index is -0.332. The summed E-state index contributed by atoms with van der Waals surface area (Å²) in [4.78, 5) is 15.0. The molecule has 0 unspecified atom stereocenters. The third-order valence-corrected chi connectivity index (χ3v) is 4.48. The summed E-state index contributed by atoms with van der Waals surface area (Å²) >= 11 is 0. The van der Waals surface area contributed by atoms with Crippen LogP contribution in [0.25, 0.3) is 0 Å². The lowest BCUT2D eigenvalue weighted by atomic mass is 10.0. The number of carbonyl (C=O) groups is 1. The molecule has 1 atom stereocenters. The Morgan fingerprint density at radius 3 is 2.44 bits per heavy atom. The van der Waals surface area contributed by atoms with Crippen LogP contribution >= 0.6 is 0 Å². The second-order valence-electron chi connectivity index (χ2n) is 6.15. The van der Waals surface area contributed by atoms with Crippen LogP contribution in [0.4, 0.5) is 0 Å². The van der Waals surface area contributed by atoms with Gasteiger partial charge in [-0.3, -0.25) is 10.1 Å². The molecule has 2 N–H and O–H groups in total. The summed E-state index contributed by atoms with van der Waals surface area (Å²) < 4.78 is 5.19. The molecule has 0 aromatic heterocycles.